The summed E-state index contributed by atoms with van der Waals surface area (Å²) in [5.41, 5.74) is 9.96. The Kier molecular flexibility index (Phi) is 4.06. The first-order valence-corrected chi connectivity index (χ1v) is 7.01. The number of anilines is 1. The molecule has 0 atom stereocenters. The van der Waals surface area contributed by atoms with E-state index in [-0.39, 0.29) is 4.99 Å². The summed E-state index contributed by atoms with van der Waals surface area (Å²) in [6, 6.07) is 1.79. The van der Waals surface area contributed by atoms with Gasteiger partial charge >= 0.3 is 0 Å². The van der Waals surface area contributed by atoms with Gasteiger partial charge in [-0.1, -0.05) is 12.2 Å². The Morgan fingerprint density at radius 3 is 2.74 bits per heavy atom. The van der Waals surface area contributed by atoms with Crippen LogP contribution in [0, 0.1) is 13.8 Å². The fourth-order valence-electron chi connectivity index (χ4n) is 1.61. The third-order valence-corrected chi connectivity index (χ3v) is 3.79. The van der Waals surface area contributed by atoms with Crippen molar-refractivity contribution in [1.29, 1.82) is 0 Å². The van der Waals surface area contributed by atoms with Gasteiger partial charge in [0, 0.05) is 17.6 Å². The highest BCUT2D eigenvalue weighted by Crippen LogP contribution is 2.17. The van der Waals surface area contributed by atoms with E-state index in [9.17, 15) is 0 Å². The van der Waals surface area contributed by atoms with E-state index in [1.54, 1.807) is 17.4 Å². The molecule has 0 amide bonds. The van der Waals surface area contributed by atoms with Gasteiger partial charge in [0.05, 0.1) is 17.7 Å². The first-order chi connectivity index (χ1) is 8.97. The van der Waals surface area contributed by atoms with Crippen molar-refractivity contribution in [3.05, 3.63) is 33.5 Å². The zero-order valence-corrected chi connectivity index (χ0v) is 12.7. The molecule has 2 N–H and O–H groups in total. The van der Waals surface area contributed by atoms with Crippen LogP contribution in [-0.4, -0.2) is 27.0 Å². The Labute approximate surface area is 121 Å². The van der Waals surface area contributed by atoms with Crippen molar-refractivity contribution < 1.29 is 0 Å². The maximum Gasteiger partial charge on any atom is 0.226 e. The Balaban J connectivity index is 2.26. The highest BCUT2D eigenvalue weighted by atomic mass is 32.1. The Bertz CT molecular complexity index is 608. The van der Waals surface area contributed by atoms with Crippen LogP contribution in [0.4, 0.5) is 5.95 Å². The molecule has 0 unspecified atom stereocenters. The summed E-state index contributed by atoms with van der Waals surface area (Å²) in [4.78, 5) is 16.5. The number of nitrogens with zero attached hydrogens (tertiary/aromatic N) is 4. The average molecular weight is 293 g/mol. The first-order valence-electron chi connectivity index (χ1n) is 5.73. The van der Waals surface area contributed by atoms with Gasteiger partial charge in [0.15, 0.2) is 0 Å². The number of aromatic nitrogens is 3. The molecule has 5 nitrogen and oxygen atoms in total. The second kappa shape index (κ2) is 5.58. The van der Waals surface area contributed by atoms with Crippen LogP contribution in [0.3, 0.4) is 0 Å². The molecule has 2 rings (SSSR count). The molecule has 2 aromatic heterocycles. The largest absolute Gasteiger partial charge is 0.388 e. The van der Waals surface area contributed by atoms with Gasteiger partial charge < -0.3 is 10.6 Å². The van der Waals surface area contributed by atoms with Crippen molar-refractivity contribution in [3.8, 4) is 0 Å². The van der Waals surface area contributed by atoms with Gasteiger partial charge in [-0.3, -0.25) is 0 Å². The molecule has 0 aliphatic heterocycles. The van der Waals surface area contributed by atoms with Crippen LogP contribution in [0.25, 0.3) is 0 Å². The molecule has 2 aromatic rings. The second-order valence-corrected chi connectivity index (χ2v) is 5.65. The Morgan fingerprint density at radius 1 is 1.42 bits per heavy atom. The summed E-state index contributed by atoms with van der Waals surface area (Å²) in [5.74, 6) is 0.621. The molecular formula is C12H15N5S2. The zero-order valence-electron chi connectivity index (χ0n) is 11.0. The van der Waals surface area contributed by atoms with E-state index in [4.69, 9.17) is 18.0 Å². The number of thiocarbonyl (C=S) groups is 1. The maximum atomic E-state index is 5.63. The van der Waals surface area contributed by atoms with Gasteiger partial charge in [-0.2, -0.15) is 0 Å². The molecule has 0 spiro atoms. The number of aryl methyl sites for hydroxylation is 2. The SMILES string of the molecule is Cc1cc(C(N)=S)nc(N(C)Cc2scnc2C)n1. The van der Waals surface area contributed by atoms with Gasteiger partial charge in [0.1, 0.15) is 10.7 Å². The predicted octanol–water partition coefficient (Wildman–Crippen LogP) is 1.82. The van der Waals surface area contributed by atoms with Gasteiger partial charge in [-0.25, -0.2) is 15.0 Å². The molecule has 0 aliphatic carbocycles. The van der Waals surface area contributed by atoms with Crippen molar-refractivity contribution >= 4 is 34.5 Å². The molecule has 2 heterocycles. The van der Waals surface area contributed by atoms with E-state index in [1.165, 1.54) is 4.88 Å². The smallest absolute Gasteiger partial charge is 0.226 e. The van der Waals surface area contributed by atoms with Gasteiger partial charge in [-0.15, -0.1) is 11.3 Å². The minimum atomic E-state index is 0.286. The molecule has 0 saturated heterocycles. The van der Waals surface area contributed by atoms with Gasteiger partial charge in [0.25, 0.3) is 0 Å². The average Bonchev–Trinajstić information content (AvgIpc) is 2.74. The van der Waals surface area contributed by atoms with E-state index in [0.717, 1.165) is 17.9 Å². The van der Waals surface area contributed by atoms with Crippen LogP contribution in [0.2, 0.25) is 0 Å². The molecule has 19 heavy (non-hydrogen) atoms. The number of nitrogens with two attached hydrogens (primary N) is 1. The Hall–Kier alpha value is -1.60. The van der Waals surface area contributed by atoms with Crippen molar-refractivity contribution in [2.75, 3.05) is 11.9 Å². The second-order valence-electron chi connectivity index (χ2n) is 4.28. The van der Waals surface area contributed by atoms with E-state index in [0.29, 0.717) is 11.6 Å². The van der Waals surface area contributed by atoms with E-state index >= 15 is 0 Å². The number of thiazole rings is 1. The summed E-state index contributed by atoms with van der Waals surface area (Å²) in [5, 5.41) is 0. The van der Waals surface area contributed by atoms with Crippen molar-refractivity contribution in [3.63, 3.8) is 0 Å². The van der Waals surface area contributed by atoms with Crippen LogP contribution in [-0.2, 0) is 6.54 Å². The summed E-state index contributed by atoms with van der Waals surface area (Å²) < 4.78 is 0. The van der Waals surface area contributed by atoms with Gasteiger partial charge in [-0.05, 0) is 19.9 Å². The van der Waals surface area contributed by atoms with Crippen molar-refractivity contribution in [2.45, 2.75) is 20.4 Å². The highest BCUT2D eigenvalue weighted by Gasteiger charge is 2.11. The summed E-state index contributed by atoms with van der Waals surface area (Å²) >= 11 is 6.59. The molecule has 0 saturated carbocycles. The topological polar surface area (TPSA) is 67.9 Å². The minimum absolute atomic E-state index is 0.286. The lowest BCUT2D eigenvalue weighted by atomic mass is 10.3. The molecule has 0 bridgehead atoms. The summed E-state index contributed by atoms with van der Waals surface area (Å²) in [6.07, 6.45) is 0. The first kappa shape index (κ1) is 13.8. The third kappa shape index (κ3) is 3.24. The van der Waals surface area contributed by atoms with Crippen LogP contribution in [0.5, 0.6) is 0 Å². The summed E-state index contributed by atoms with van der Waals surface area (Å²) in [6.45, 7) is 4.62. The molecule has 0 aliphatic rings. The fourth-order valence-corrected chi connectivity index (χ4v) is 2.55. The van der Waals surface area contributed by atoms with Crippen LogP contribution in [0.15, 0.2) is 11.6 Å². The maximum absolute atomic E-state index is 5.63. The van der Waals surface area contributed by atoms with E-state index < -0.39 is 0 Å². The van der Waals surface area contributed by atoms with Crippen LogP contribution >= 0.6 is 23.6 Å². The molecule has 0 radical (unpaired) electrons. The lowest BCUT2D eigenvalue weighted by Gasteiger charge is -2.17. The molecular weight excluding hydrogens is 278 g/mol. The van der Waals surface area contributed by atoms with E-state index in [1.807, 2.05) is 31.3 Å². The molecule has 7 heteroatoms. The summed E-state index contributed by atoms with van der Waals surface area (Å²) in [7, 11) is 1.94. The van der Waals surface area contributed by atoms with Gasteiger partial charge in [0.2, 0.25) is 5.95 Å². The van der Waals surface area contributed by atoms with Crippen LogP contribution < -0.4 is 10.6 Å². The molecule has 100 valence electrons. The predicted molar refractivity (Wildman–Crippen MR) is 81.6 cm³/mol. The van der Waals surface area contributed by atoms with Crippen molar-refractivity contribution in [2.24, 2.45) is 5.73 Å². The Morgan fingerprint density at radius 2 is 2.16 bits per heavy atom. The fraction of sp³-hybridized carbons (Fsp3) is 0.333. The normalized spacial score (nSPS) is 10.5. The lowest BCUT2D eigenvalue weighted by molar-refractivity contribution is 0.861. The van der Waals surface area contributed by atoms with Crippen molar-refractivity contribution in [1.82, 2.24) is 15.0 Å². The molecule has 0 fully saturated rings. The minimum Gasteiger partial charge on any atom is -0.388 e. The number of rotatable bonds is 4. The zero-order chi connectivity index (χ0) is 14.0. The third-order valence-electron chi connectivity index (χ3n) is 2.66. The number of hydrogen-bond acceptors (Lipinski definition) is 6. The number of hydrogen-bond donors (Lipinski definition) is 1. The van der Waals surface area contributed by atoms with E-state index in [2.05, 4.69) is 15.0 Å². The molecule has 0 aromatic carbocycles. The highest BCUT2D eigenvalue weighted by molar-refractivity contribution is 7.80. The quantitative estimate of drug-likeness (QED) is 0.867. The lowest BCUT2D eigenvalue weighted by Crippen LogP contribution is -2.22. The van der Waals surface area contributed by atoms with Crippen LogP contribution in [0.1, 0.15) is 22.0 Å². The monoisotopic (exact) mass is 293 g/mol. The standard InChI is InChI=1S/C12H15N5S2/c1-7-4-9(11(13)18)16-12(15-7)17(3)5-10-8(2)14-6-19-10/h4,6H,5H2,1-3H3,(H2,13,18).